The molecule has 1 N–H and O–H groups in total. The van der Waals surface area contributed by atoms with Crippen molar-refractivity contribution < 1.29 is 51.7 Å². The van der Waals surface area contributed by atoms with E-state index in [4.69, 9.17) is 14.2 Å². The molecular formula is C29H26F3NO8. The molecule has 1 amide bonds. The Balaban J connectivity index is 1.59. The number of carbonyl (C=O) groups excluding carboxylic acids is 4. The molecule has 6 rings (SSSR count). The van der Waals surface area contributed by atoms with Crippen LogP contribution >= 0.6 is 0 Å². The standard InChI is InChI=1S/C29H26F3NO8/c1-25(2,3)27(38)13-18-26(14-19(34)39-18)24(37)41-23-28(26,27)20(40-22(36)15-7-5-4-6-8-15)21(35)33(23)17-11-9-16(10-12-17)29(30,31)32/h4-12,18,20,23,38H,13-14H2,1-3H3/t18-,20-,23-,26-,27+,28+/m0/s1. The molecule has 4 fully saturated rings. The molecule has 2 aromatic rings. The van der Waals surface area contributed by atoms with E-state index >= 15 is 0 Å². The topological polar surface area (TPSA) is 119 Å². The minimum atomic E-state index is -4.65. The van der Waals surface area contributed by atoms with Crippen LogP contribution in [0.2, 0.25) is 0 Å². The molecule has 0 bridgehead atoms. The monoisotopic (exact) mass is 573 g/mol. The number of esters is 3. The molecule has 41 heavy (non-hydrogen) atoms. The van der Waals surface area contributed by atoms with Gasteiger partial charge in [0, 0.05) is 12.1 Å². The van der Waals surface area contributed by atoms with Crippen LogP contribution in [0.25, 0.3) is 0 Å². The van der Waals surface area contributed by atoms with Crippen LogP contribution in [0.4, 0.5) is 18.9 Å². The van der Waals surface area contributed by atoms with Gasteiger partial charge in [-0.3, -0.25) is 19.3 Å². The van der Waals surface area contributed by atoms with E-state index in [-0.39, 0.29) is 17.7 Å². The zero-order valence-electron chi connectivity index (χ0n) is 22.2. The summed E-state index contributed by atoms with van der Waals surface area (Å²) in [5, 5.41) is 12.6. The summed E-state index contributed by atoms with van der Waals surface area (Å²) in [6, 6.07) is 11.3. The molecule has 0 aromatic heterocycles. The number of ether oxygens (including phenoxy) is 3. The summed E-state index contributed by atoms with van der Waals surface area (Å²) < 4.78 is 57.1. The molecule has 6 atom stereocenters. The molecule has 12 heteroatoms. The highest BCUT2D eigenvalue weighted by molar-refractivity contribution is 6.07. The molecule has 3 heterocycles. The Labute approximate surface area is 232 Å². The molecule has 4 aliphatic rings. The lowest BCUT2D eigenvalue weighted by Crippen LogP contribution is -2.66. The van der Waals surface area contributed by atoms with Crippen molar-refractivity contribution in [3.63, 3.8) is 0 Å². The highest BCUT2D eigenvalue weighted by atomic mass is 19.4. The van der Waals surface area contributed by atoms with Crippen LogP contribution in [0.1, 0.15) is 49.5 Å². The summed E-state index contributed by atoms with van der Waals surface area (Å²) >= 11 is 0. The third-order valence-electron chi connectivity index (χ3n) is 9.18. The van der Waals surface area contributed by atoms with Gasteiger partial charge in [0.15, 0.2) is 12.3 Å². The van der Waals surface area contributed by atoms with Gasteiger partial charge in [-0.1, -0.05) is 39.0 Å². The smallest absolute Gasteiger partial charge is 0.416 e. The molecule has 9 nitrogen and oxygen atoms in total. The second kappa shape index (κ2) is 8.31. The van der Waals surface area contributed by atoms with Crippen molar-refractivity contribution in [2.75, 3.05) is 4.90 Å². The molecule has 1 saturated carbocycles. The van der Waals surface area contributed by atoms with Gasteiger partial charge < -0.3 is 19.3 Å². The normalized spacial score (nSPS) is 34.2. The molecule has 2 aromatic carbocycles. The second-order valence-corrected chi connectivity index (χ2v) is 12.0. The van der Waals surface area contributed by atoms with Crippen molar-refractivity contribution in [1.82, 2.24) is 0 Å². The minimum absolute atomic E-state index is 0.0770. The summed E-state index contributed by atoms with van der Waals surface area (Å²) in [4.78, 5) is 55.1. The Hall–Kier alpha value is -3.93. The van der Waals surface area contributed by atoms with Crippen molar-refractivity contribution in [2.45, 2.75) is 63.8 Å². The number of halogens is 3. The number of anilines is 1. The molecule has 3 saturated heterocycles. The minimum Gasteiger partial charge on any atom is -0.461 e. The Morgan fingerprint density at radius 3 is 2.22 bits per heavy atom. The highest BCUT2D eigenvalue weighted by Gasteiger charge is 2.93. The molecule has 0 radical (unpaired) electrons. The van der Waals surface area contributed by atoms with Crippen LogP contribution < -0.4 is 4.90 Å². The fourth-order valence-corrected chi connectivity index (χ4v) is 7.34. The molecule has 1 aliphatic carbocycles. The lowest BCUT2D eigenvalue weighted by atomic mass is 9.52. The van der Waals surface area contributed by atoms with Gasteiger partial charge in [-0.05, 0) is 41.8 Å². The Kier molecular flexibility index (Phi) is 5.52. The van der Waals surface area contributed by atoms with E-state index in [0.717, 1.165) is 29.2 Å². The van der Waals surface area contributed by atoms with Crippen molar-refractivity contribution in [2.24, 2.45) is 16.2 Å². The summed E-state index contributed by atoms with van der Waals surface area (Å²) in [6.45, 7) is 5.00. The van der Waals surface area contributed by atoms with Gasteiger partial charge in [0.25, 0.3) is 5.91 Å². The van der Waals surface area contributed by atoms with Crippen molar-refractivity contribution in [3.05, 3.63) is 65.7 Å². The van der Waals surface area contributed by atoms with E-state index in [9.17, 15) is 37.5 Å². The van der Waals surface area contributed by atoms with Crippen LogP contribution in [-0.4, -0.2) is 53.0 Å². The fourth-order valence-electron chi connectivity index (χ4n) is 7.34. The zero-order valence-corrected chi connectivity index (χ0v) is 22.2. The third-order valence-corrected chi connectivity index (χ3v) is 9.18. The first kappa shape index (κ1) is 27.3. The SMILES string of the molecule is CC(C)(C)[C@]1(O)C[C@@H]2OC(=O)C[C@@]23C(=O)O[C@@H]2N(c4ccc(C(F)(F)F)cc4)C(=O)[C@H](OC(=O)c4ccccc4)[C@]213. The summed E-state index contributed by atoms with van der Waals surface area (Å²) in [7, 11) is 0. The molecule has 0 unspecified atom stereocenters. The van der Waals surface area contributed by atoms with Gasteiger partial charge in [-0.2, -0.15) is 13.2 Å². The number of hydrogen-bond acceptors (Lipinski definition) is 8. The van der Waals surface area contributed by atoms with Gasteiger partial charge in [-0.25, -0.2) is 4.79 Å². The summed E-state index contributed by atoms with van der Waals surface area (Å²) in [5.74, 6) is -3.54. The van der Waals surface area contributed by atoms with E-state index in [1.165, 1.54) is 12.1 Å². The number of rotatable bonds is 3. The van der Waals surface area contributed by atoms with Crippen molar-refractivity contribution >= 4 is 29.5 Å². The van der Waals surface area contributed by atoms with Crippen LogP contribution in [0, 0.1) is 16.2 Å². The summed E-state index contributed by atoms with van der Waals surface area (Å²) in [6.07, 6.45) is -10.1. The quantitative estimate of drug-likeness (QED) is 0.437. The van der Waals surface area contributed by atoms with Crippen LogP contribution in [0.5, 0.6) is 0 Å². The number of alkyl halides is 3. The Morgan fingerprint density at radius 2 is 1.63 bits per heavy atom. The number of aliphatic hydroxyl groups is 1. The van der Waals surface area contributed by atoms with Crippen molar-refractivity contribution in [1.29, 1.82) is 0 Å². The van der Waals surface area contributed by atoms with Crippen molar-refractivity contribution in [3.8, 4) is 0 Å². The van der Waals surface area contributed by atoms with E-state index in [1.807, 2.05) is 0 Å². The van der Waals surface area contributed by atoms with E-state index < -0.39 is 82.3 Å². The molecule has 3 aliphatic heterocycles. The molecule has 2 spiro atoms. The lowest BCUT2D eigenvalue weighted by molar-refractivity contribution is -0.204. The second-order valence-electron chi connectivity index (χ2n) is 12.0. The fraction of sp³-hybridized carbons (Fsp3) is 0.448. The predicted octanol–water partition coefficient (Wildman–Crippen LogP) is 3.63. The first-order chi connectivity index (χ1) is 19.1. The van der Waals surface area contributed by atoms with E-state index in [0.29, 0.717) is 0 Å². The zero-order chi connectivity index (χ0) is 29.8. The van der Waals surface area contributed by atoms with E-state index in [2.05, 4.69) is 0 Å². The number of amides is 1. The van der Waals surface area contributed by atoms with Gasteiger partial charge in [-0.15, -0.1) is 0 Å². The van der Waals surface area contributed by atoms with Crippen LogP contribution in [0.3, 0.4) is 0 Å². The molecule has 216 valence electrons. The van der Waals surface area contributed by atoms with Crippen LogP contribution in [0.15, 0.2) is 54.6 Å². The maximum Gasteiger partial charge on any atom is 0.416 e. The largest absolute Gasteiger partial charge is 0.461 e. The van der Waals surface area contributed by atoms with Crippen LogP contribution in [-0.2, 0) is 34.8 Å². The number of carbonyl (C=O) groups is 4. The maximum absolute atomic E-state index is 14.3. The highest BCUT2D eigenvalue weighted by Crippen LogP contribution is 2.76. The van der Waals surface area contributed by atoms with Gasteiger partial charge >= 0.3 is 24.1 Å². The maximum atomic E-state index is 14.3. The number of benzene rings is 2. The molecular weight excluding hydrogens is 547 g/mol. The first-order valence-corrected chi connectivity index (χ1v) is 13.0. The van der Waals surface area contributed by atoms with Gasteiger partial charge in [0.2, 0.25) is 0 Å². The van der Waals surface area contributed by atoms with Gasteiger partial charge in [0.1, 0.15) is 16.9 Å². The average Bonchev–Trinajstić information content (AvgIpc) is 3.51. The Morgan fingerprint density at radius 1 is 1.00 bits per heavy atom. The number of hydrogen-bond donors (Lipinski definition) is 1. The van der Waals surface area contributed by atoms with Gasteiger partial charge in [0.05, 0.1) is 23.1 Å². The summed E-state index contributed by atoms with van der Waals surface area (Å²) in [5.41, 5.74) is -8.05. The predicted molar refractivity (Wildman–Crippen MR) is 133 cm³/mol. The lowest BCUT2D eigenvalue weighted by Gasteiger charge is -2.51. The average molecular weight is 574 g/mol. The third kappa shape index (κ3) is 3.27. The Bertz CT molecular complexity index is 1470. The first-order valence-electron chi connectivity index (χ1n) is 13.0. The van der Waals surface area contributed by atoms with E-state index in [1.54, 1.807) is 39.0 Å². The number of nitrogens with zero attached hydrogens (tertiary/aromatic N) is 1.